The van der Waals surface area contributed by atoms with Crippen molar-refractivity contribution < 1.29 is 0 Å². The van der Waals surface area contributed by atoms with Gasteiger partial charge in [0, 0.05) is 12.1 Å². The van der Waals surface area contributed by atoms with Crippen molar-refractivity contribution in [2.24, 2.45) is 17.6 Å². The highest BCUT2D eigenvalue weighted by atomic mass is 14.9. The molecule has 1 fully saturated rings. The van der Waals surface area contributed by atoms with E-state index in [0.29, 0.717) is 12.1 Å². The molecule has 1 aliphatic rings. The molecule has 84 valence electrons. The van der Waals surface area contributed by atoms with Gasteiger partial charge >= 0.3 is 0 Å². The van der Waals surface area contributed by atoms with Crippen LogP contribution in [-0.4, -0.2) is 18.6 Å². The van der Waals surface area contributed by atoms with Gasteiger partial charge < -0.3 is 11.1 Å². The fourth-order valence-electron chi connectivity index (χ4n) is 2.00. The SMILES string of the molecule is CC(C)C(C)CNC1CCCC(N)C1. The van der Waals surface area contributed by atoms with Gasteiger partial charge in [-0.3, -0.25) is 0 Å². The maximum absolute atomic E-state index is 5.95. The first kappa shape index (κ1) is 12.0. The average molecular weight is 198 g/mol. The molecule has 0 radical (unpaired) electrons. The van der Waals surface area contributed by atoms with Gasteiger partial charge in [-0.05, 0) is 37.6 Å². The number of nitrogens with one attached hydrogen (secondary N) is 1. The minimum Gasteiger partial charge on any atom is -0.328 e. The van der Waals surface area contributed by atoms with E-state index in [0.717, 1.165) is 18.4 Å². The average Bonchev–Trinajstić information content (AvgIpc) is 2.14. The molecule has 0 aromatic heterocycles. The predicted octanol–water partition coefficient (Wildman–Crippen LogP) is 2.14. The highest BCUT2D eigenvalue weighted by molar-refractivity contribution is 4.80. The molecular weight excluding hydrogens is 172 g/mol. The van der Waals surface area contributed by atoms with Crippen molar-refractivity contribution in [2.75, 3.05) is 6.54 Å². The van der Waals surface area contributed by atoms with Crippen LogP contribution in [0.3, 0.4) is 0 Å². The molecule has 3 atom stereocenters. The molecule has 2 nitrogen and oxygen atoms in total. The van der Waals surface area contributed by atoms with Crippen LogP contribution in [0, 0.1) is 11.8 Å². The monoisotopic (exact) mass is 198 g/mol. The Morgan fingerprint density at radius 2 is 2.00 bits per heavy atom. The van der Waals surface area contributed by atoms with E-state index in [-0.39, 0.29) is 0 Å². The summed E-state index contributed by atoms with van der Waals surface area (Å²) >= 11 is 0. The Labute approximate surface area is 88.6 Å². The van der Waals surface area contributed by atoms with Crippen molar-refractivity contribution in [3.63, 3.8) is 0 Å². The van der Waals surface area contributed by atoms with Crippen molar-refractivity contribution in [1.29, 1.82) is 0 Å². The first-order valence-corrected chi connectivity index (χ1v) is 6.08. The van der Waals surface area contributed by atoms with Crippen LogP contribution in [0.1, 0.15) is 46.5 Å². The van der Waals surface area contributed by atoms with Crippen molar-refractivity contribution >= 4 is 0 Å². The maximum Gasteiger partial charge on any atom is 0.00819 e. The largest absolute Gasteiger partial charge is 0.328 e. The van der Waals surface area contributed by atoms with Crippen molar-refractivity contribution in [2.45, 2.75) is 58.5 Å². The lowest BCUT2D eigenvalue weighted by Crippen LogP contribution is -2.41. The minimum absolute atomic E-state index is 0.440. The molecule has 0 spiro atoms. The zero-order valence-electron chi connectivity index (χ0n) is 9.92. The van der Waals surface area contributed by atoms with E-state index >= 15 is 0 Å². The van der Waals surface area contributed by atoms with E-state index in [1.165, 1.54) is 25.7 Å². The minimum atomic E-state index is 0.440. The Bertz CT molecular complexity index is 156. The molecule has 0 saturated heterocycles. The second-order valence-corrected chi connectivity index (χ2v) is 5.25. The smallest absolute Gasteiger partial charge is 0.00819 e. The van der Waals surface area contributed by atoms with Crippen LogP contribution in [0.15, 0.2) is 0 Å². The van der Waals surface area contributed by atoms with Crippen LogP contribution in [0.4, 0.5) is 0 Å². The van der Waals surface area contributed by atoms with E-state index in [9.17, 15) is 0 Å². The summed E-state index contributed by atoms with van der Waals surface area (Å²) < 4.78 is 0. The van der Waals surface area contributed by atoms with Crippen molar-refractivity contribution in [3.05, 3.63) is 0 Å². The lowest BCUT2D eigenvalue weighted by Gasteiger charge is -2.29. The Balaban J connectivity index is 2.17. The second-order valence-electron chi connectivity index (χ2n) is 5.25. The second kappa shape index (κ2) is 5.72. The van der Waals surface area contributed by atoms with Crippen LogP contribution < -0.4 is 11.1 Å². The zero-order valence-corrected chi connectivity index (χ0v) is 9.92. The third kappa shape index (κ3) is 3.97. The summed E-state index contributed by atoms with van der Waals surface area (Å²) in [5.41, 5.74) is 5.95. The number of hydrogen-bond acceptors (Lipinski definition) is 2. The Morgan fingerprint density at radius 3 is 2.57 bits per heavy atom. The van der Waals surface area contributed by atoms with Gasteiger partial charge in [0.1, 0.15) is 0 Å². The fraction of sp³-hybridized carbons (Fsp3) is 1.00. The van der Waals surface area contributed by atoms with Gasteiger partial charge in [-0.1, -0.05) is 27.2 Å². The van der Waals surface area contributed by atoms with Gasteiger partial charge in [-0.15, -0.1) is 0 Å². The summed E-state index contributed by atoms with van der Waals surface area (Å²) in [6.45, 7) is 8.05. The van der Waals surface area contributed by atoms with Gasteiger partial charge in [0.25, 0.3) is 0 Å². The lowest BCUT2D eigenvalue weighted by molar-refractivity contribution is 0.304. The van der Waals surface area contributed by atoms with Crippen LogP contribution in [0.5, 0.6) is 0 Å². The third-order valence-corrected chi connectivity index (χ3v) is 3.58. The van der Waals surface area contributed by atoms with Crippen molar-refractivity contribution in [3.8, 4) is 0 Å². The Kier molecular flexibility index (Phi) is 4.90. The molecular formula is C12H26N2. The normalized spacial score (nSPS) is 30.6. The van der Waals surface area contributed by atoms with Crippen LogP contribution in [-0.2, 0) is 0 Å². The molecule has 3 N–H and O–H groups in total. The Hall–Kier alpha value is -0.0800. The molecule has 0 amide bonds. The fourth-order valence-corrected chi connectivity index (χ4v) is 2.00. The Morgan fingerprint density at radius 1 is 1.29 bits per heavy atom. The number of rotatable bonds is 4. The van der Waals surface area contributed by atoms with Crippen molar-refractivity contribution in [1.82, 2.24) is 5.32 Å². The van der Waals surface area contributed by atoms with E-state index in [1.807, 2.05) is 0 Å². The standard InChI is InChI=1S/C12H26N2/c1-9(2)10(3)8-14-12-6-4-5-11(13)7-12/h9-12,14H,4-8,13H2,1-3H3. The summed E-state index contributed by atoms with van der Waals surface area (Å²) in [5.74, 6) is 1.55. The molecule has 1 rings (SSSR count). The summed E-state index contributed by atoms with van der Waals surface area (Å²) in [7, 11) is 0. The predicted molar refractivity (Wildman–Crippen MR) is 62.2 cm³/mol. The van der Waals surface area contributed by atoms with E-state index in [1.54, 1.807) is 0 Å². The van der Waals surface area contributed by atoms with Gasteiger partial charge in [-0.2, -0.15) is 0 Å². The molecule has 0 heterocycles. The summed E-state index contributed by atoms with van der Waals surface area (Å²) in [6, 6.07) is 1.12. The quantitative estimate of drug-likeness (QED) is 0.726. The number of nitrogens with two attached hydrogens (primary N) is 1. The lowest BCUT2D eigenvalue weighted by atomic mass is 9.90. The van der Waals surface area contributed by atoms with Crippen LogP contribution in [0.25, 0.3) is 0 Å². The molecule has 2 heteroatoms. The van der Waals surface area contributed by atoms with Gasteiger partial charge in [0.05, 0.1) is 0 Å². The van der Waals surface area contributed by atoms with Crippen LogP contribution in [0.2, 0.25) is 0 Å². The van der Waals surface area contributed by atoms with Gasteiger partial charge in [0.15, 0.2) is 0 Å². The topological polar surface area (TPSA) is 38.0 Å². The summed E-state index contributed by atoms with van der Waals surface area (Å²) in [4.78, 5) is 0. The van der Waals surface area contributed by atoms with E-state index in [2.05, 4.69) is 26.1 Å². The molecule has 0 aromatic carbocycles. The molecule has 1 aliphatic carbocycles. The van der Waals surface area contributed by atoms with Crippen LogP contribution >= 0.6 is 0 Å². The van der Waals surface area contributed by atoms with E-state index in [4.69, 9.17) is 5.73 Å². The zero-order chi connectivity index (χ0) is 10.6. The first-order valence-electron chi connectivity index (χ1n) is 6.08. The molecule has 0 aliphatic heterocycles. The molecule has 3 unspecified atom stereocenters. The summed E-state index contributed by atoms with van der Waals surface area (Å²) in [5, 5.41) is 3.65. The summed E-state index contributed by atoms with van der Waals surface area (Å²) in [6.07, 6.45) is 5.01. The first-order chi connectivity index (χ1) is 6.59. The molecule has 0 bridgehead atoms. The highest BCUT2D eigenvalue weighted by Gasteiger charge is 2.19. The van der Waals surface area contributed by atoms with Gasteiger partial charge in [0.2, 0.25) is 0 Å². The molecule has 1 saturated carbocycles. The highest BCUT2D eigenvalue weighted by Crippen LogP contribution is 2.17. The number of hydrogen-bond donors (Lipinski definition) is 2. The third-order valence-electron chi connectivity index (χ3n) is 3.58. The van der Waals surface area contributed by atoms with E-state index < -0.39 is 0 Å². The maximum atomic E-state index is 5.95. The molecule has 14 heavy (non-hydrogen) atoms. The van der Waals surface area contributed by atoms with Gasteiger partial charge in [-0.25, -0.2) is 0 Å². The molecule has 0 aromatic rings.